The Morgan fingerprint density at radius 3 is 2.65 bits per heavy atom. The molecule has 0 unspecified atom stereocenters. The van der Waals surface area contributed by atoms with E-state index in [1.54, 1.807) is 12.4 Å². The highest BCUT2D eigenvalue weighted by atomic mass is 32.2. The lowest BCUT2D eigenvalue weighted by molar-refractivity contribution is 0.213. The second kappa shape index (κ2) is 7.59. The molecule has 2 aromatic heterocycles. The third-order valence-electron chi connectivity index (χ3n) is 3.99. The summed E-state index contributed by atoms with van der Waals surface area (Å²) in [7, 11) is 0. The van der Waals surface area contributed by atoms with Gasteiger partial charge in [-0.1, -0.05) is 11.8 Å². The number of ether oxygens (including phenoxy) is 1. The molecule has 0 N–H and O–H groups in total. The van der Waals surface area contributed by atoms with Gasteiger partial charge in [0.2, 0.25) is 11.8 Å². The van der Waals surface area contributed by atoms with Crippen LogP contribution in [-0.2, 0) is 0 Å². The maximum atomic E-state index is 5.95. The zero-order valence-corrected chi connectivity index (χ0v) is 14.3. The highest BCUT2D eigenvalue weighted by Gasteiger charge is 2.21. The Bertz CT molecular complexity index is 632. The van der Waals surface area contributed by atoms with Crippen LogP contribution in [0, 0.1) is 12.8 Å². The van der Waals surface area contributed by atoms with Crippen molar-refractivity contribution in [3.05, 3.63) is 30.2 Å². The lowest BCUT2D eigenvalue weighted by Gasteiger charge is -2.31. The second-order valence-corrected chi connectivity index (χ2v) is 6.41. The number of piperidine rings is 1. The predicted molar refractivity (Wildman–Crippen MR) is 91.0 cm³/mol. The molecule has 0 aromatic carbocycles. The van der Waals surface area contributed by atoms with E-state index in [4.69, 9.17) is 4.74 Å². The van der Waals surface area contributed by atoms with Crippen LogP contribution in [0.4, 0.5) is 5.95 Å². The number of aryl methyl sites for hydroxylation is 1. The molecule has 0 radical (unpaired) electrons. The van der Waals surface area contributed by atoms with Crippen molar-refractivity contribution >= 4 is 17.7 Å². The van der Waals surface area contributed by atoms with Crippen LogP contribution in [0.5, 0.6) is 5.88 Å². The second-order valence-electron chi connectivity index (χ2n) is 5.64. The molecule has 122 valence electrons. The van der Waals surface area contributed by atoms with E-state index in [-0.39, 0.29) is 0 Å². The summed E-state index contributed by atoms with van der Waals surface area (Å²) in [6.07, 6.45) is 9.53. The van der Waals surface area contributed by atoms with Gasteiger partial charge >= 0.3 is 0 Å². The summed E-state index contributed by atoms with van der Waals surface area (Å²) >= 11 is 1.53. The summed E-state index contributed by atoms with van der Waals surface area (Å²) in [5.74, 6) is 2.07. The Kier molecular flexibility index (Phi) is 5.27. The maximum Gasteiger partial charge on any atom is 0.225 e. The molecule has 0 bridgehead atoms. The molecule has 0 amide bonds. The molecular weight excluding hydrogens is 310 g/mol. The summed E-state index contributed by atoms with van der Waals surface area (Å²) in [6.45, 7) is 4.62. The largest absolute Gasteiger partial charge is 0.477 e. The van der Waals surface area contributed by atoms with Gasteiger partial charge in [0, 0.05) is 37.2 Å². The van der Waals surface area contributed by atoms with Gasteiger partial charge in [-0.3, -0.25) is 0 Å². The quantitative estimate of drug-likeness (QED) is 0.616. The van der Waals surface area contributed by atoms with Crippen LogP contribution in [0.1, 0.15) is 18.4 Å². The molecule has 2 aromatic rings. The maximum absolute atomic E-state index is 5.95. The zero-order valence-electron chi connectivity index (χ0n) is 13.5. The minimum absolute atomic E-state index is 0.544. The molecule has 6 nitrogen and oxygen atoms in total. The SMILES string of the molecule is CSc1ncc(C)c(OCC2CCN(c3ncccn3)CC2)n1. The Morgan fingerprint density at radius 2 is 1.96 bits per heavy atom. The van der Waals surface area contributed by atoms with E-state index in [1.807, 2.05) is 25.4 Å². The topological polar surface area (TPSA) is 64.0 Å². The van der Waals surface area contributed by atoms with Crippen molar-refractivity contribution in [3.8, 4) is 5.88 Å². The predicted octanol–water partition coefficient (Wildman–Crippen LogP) is 2.59. The van der Waals surface area contributed by atoms with Gasteiger partial charge in [0.1, 0.15) is 0 Å². The normalized spacial score (nSPS) is 15.7. The van der Waals surface area contributed by atoms with Crippen molar-refractivity contribution in [2.24, 2.45) is 5.92 Å². The molecule has 1 fully saturated rings. The first-order valence-electron chi connectivity index (χ1n) is 7.78. The van der Waals surface area contributed by atoms with Gasteiger partial charge in [0.25, 0.3) is 0 Å². The molecule has 0 atom stereocenters. The van der Waals surface area contributed by atoms with Gasteiger partial charge in [0.05, 0.1) is 6.61 Å². The van der Waals surface area contributed by atoms with Crippen LogP contribution < -0.4 is 9.64 Å². The molecule has 1 aliphatic rings. The molecule has 7 heteroatoms. The number of nitrogens with zero attached hydrogens (tertiary/aromatic N) is 5. The van der Waals surface area contributed by atoms with Crippen LogP contribution in [0.15, 0.2) is 29.8 Å². The van der Waals surface area contributed by atoms with Gasteiger partial charge in [-0.25, -0.2) is 15.0 Å². The van der Waals surface area contributed by atoms with E-state index in [0.29, 0.717) is 18.4 Å². The molecule has 1 aliphatic heterocycles. The van der Waals surface area contributed by atoms with Crippen LogP contribution in [0.25, 0.3) is 0 Å². The molecule has 0 spiro atoms. The highest BCUT2D eigenvalue weighted by molar-refractivity contribution is 7.98. The van der Waals surface area contributed by atoms with Crippen molar-refractivity contribution in [2.75, 3.05) is 30.9 Å². The summed E-state index contributed by atoms with van der Waals surface area (Å²) in [5, 5.41) is 0.752. The number of aromatic nitrogens is 4. The van der Waals surface area contributed by atoms with Crippen molar-refractivity contribution < 1.29 is 4.74 Å². The van der Waals surface area contributed by atoms with Crippen molar-refractivity contribution in [1.82, 2.24) is 19.9 Å². The Hall–Kier alpha value is -1.89. The fourth-order valence-corrected chi connectivity index (χ4v) is 2.94. The van der Waals surface area contributed by atoms with E-state index < -0.39 is 0 Å². The van der Waals surface area contributed by atoms with Gasteiger partial charge in [-0.2, -0.15) is 4.98 Å². The van der Waals surface area contributed by atoms with Crippen LogP contribution in [0.2, 0.25) is 0 Å². The monoisotopic (exact) mass is 331 g/mol. The molecular formula is C16H21N5OS. The Labute approximate surface area is 140 Å². The summed E-state index contributed by atoms with van der Waals surface area (Å²) in [4.78, 5) is 19.6. The molecule has 3 heterocycles. The molecule has 1 saturated heterocycles. The van der Waals surface area contributed by atoms with Crippen LogP contribution in [0.3, 0.4) is 0 Å². The smallest absolute Gasteiger partial charge is 0.225 e. The van der Waals surface area contributed by atoms with E-state index in [0.717, 1.165) is 42.6 Å². The average Bonchev–Trinajstić information content (AvgIpc) is 2.62. The van der Waals surface area contributed by atoms with Crippen molar-refractivity contribution in [3.63, 3.8) is 0 Å². The van der Waals surface area contributed by atoms with Crippen LogP contribution >= 0.6 is 11.8 Å². The first-order valence-corrected chi connectivity index (χ1v) is 9.01. The average molecular weight is 331 g/mol. The summed E-state index contributed by atoms with van der Waals surface area (Å²) in [5.41, 5.74) is 0.984. The number of hydrogen-bond acceptors (Lipinski definition) is 7. The first-order chi connectivity index (χ1) is 11.3. The van der Waals surface area contributed by atoms with Gasteiger partial charge < -0.3 is 9.64 Å². The van der Waals surface area contributed by atoms with Gasteiger partial charge in [-0.05, 0) is 38.0 Å². The van der Waals surface area contributed by atoms with Crippen molar-refractivity contribution in [2.45, 2.75) is 24.9 Å². The standard InChI is InChI=1S/C16H21N5OS/c1-12-10-19-16(23-2)20-14(12)22-11-13-4-8-21(9-5-13)15-17-6-3-7-18-15/h3,6-7,10,13H,4-5,8-9,11H2,1-2H3. The van der Waals surface area contributed by atoms with E-state index in [2.05, 4.69) is 24.8 Å². The summed E-state index contributed by atoms with van der Waals surface area (Å²) in [6, 6.07) is 1.84. The molecule has 3 rings (SSSR count). The molecule has 0 aliphatic carbocycles. The number of hydrogen-bond donors (Lipinski definition) is 0. The third kappa shape index (κ3) is 4.10. The number of thioether (sulfide) groups is 1. The fourth-order valence-electron chi connectivity index (χ4n) is 2.61. The van der Waals surface area contributed by atoms with E-state index >= 15 is 0 Å². The summed E-state index contributed by atoms with van der Waals surface area (Å²) < 4.78 is 5.95. The van der Waals surface area contributed by atoms with E-state index in [1.165, 1.54) is 11.8 Å². The first kappa shape index (κ1) is 16.0. The minimum Gasteiger partial charge on any atom is -0.477 e. The fraction of sp³-hybridized carbons (Fsp3) is 0.500. The van der Waals surface area contributed by atoms with E-state index in [9.17, 15) is 0 Å². The third-order valence-corrected chi connectivity index (χ3v) is 4.55. The number of anilines is 1. The Morgan fingerprint density at radius 1 is 1.22 bits per heavy atom. The zero-order chi connectivity index (χ0) is 16.1. The Balaban J connectivity index is 1.51. The van der Waals surface area contributed by atoms with Gasteiger partial charge in [-0.15, -0.1) is 0 Å². The molecule has 23 heavy (non-hydrogen) atoms. The molecule has 0 saturated carbocycles. The van der Waals surface area contributed by atoms with Crippen molar-refractivity contribution in [1.29, 1.82) is 0 Å². The van der Waals surface area contributed by atoms with Gasteiger partial charge in [0.15, 0.2) is 5.16 Å². The number of rotatable bonds is 5. The lowest BCUT2D eigenvalue weighted by atomic mass is 9.98. The van der Waals surface area contributed by atoms with Crippen LogP contribution in [-0.4, -0.2) is 45.9 Å². The minimum atomic E-state index is 0.544. The highest BCUT2D eigenvalue weighted by Crippen LogP contribution is 2.23. The lowest BCUT2D eigenvalue weighted by Crippen LogP contribution is -2.36.